The summed E-state index contributed by atoms with van der Waals surface area (Å²) in [6.45, 7) is -0.110. The Bertz CT molecular complexity index is 777. The lowest BCUT2D eigenvalue weighted by atomic mass is 10.1. The van der Waals surface area contributed by atoms with Gasteiger partial charge in [-0.25, -0.2) is 9.38 Å². The number of benzene rings is 2. The van der Waals surface area contributed by atoms with Crippen LogP contribution in [-0.2, 0) is 17.6 Å². The van der Waals surface area contributed by atoms with Crippen molar-refractivity contribution in [3.8, 4) is 0 Å². The van der Waals surface area contributed by atoms with Crippen LogP contribution in [0.4, 0.5) is 15.8 Å². The van der Waals surface area contributed by atoms with Crippen LogP contribution in [0.25, 0.3) is 0 Å². The van der Waals surface area contributed by atoms with Crippen LogP contribution in [0.2, 0.25) is 0 Å². The normalized spacial score (nSPS) is 12.9. The van der Waals surface area contributed by atoms with Gasteiger partial charge in [-0.15, -0.1) is 24.0 Å². The maximum atomic E-state index is 12.8. The minimum atomic E-state index is -0.353. The summed E-state index contributed by atoms with van der Waals surface area (Å²) in [6.07, 6.45) is 3.40. The van der Waals surface area contributed by atoms with E-state index in [0.717, 1.165) is 18.5 Å². The Morgan fingerprint density at radius 3 is 2.48 bits per heavy atom. The van der Waals surface area contributed by atoms with Crippen molar-refractivity contribution in [2.24, 2.45) is 10.7 Å². The number of hydrogen-bond donors (Lipinski definition) is 3. The zero-order chi connectivity index (χ0) is 16.9. The fourth-order valence-electron chi connectivity index (χ4n) is 2.73. The zero-order valence-corrected chi connectivity index (χ0v) is 15.9. The van der Waals surface area contributed by atoms with Crippen molar-refractivity contribution in [1.82, 2.24) is 0 Å². The second-order valence-electron chi connectivity index (χ2n) is 5.72. The highest BCUT2D eigenvalue weighted by Gasteiger charge is 2.11. The number of nitrogens with two attached hydrogens (primary N) is 1. The maximum Gasteiger partial charge on any atom is 0.246 e. The van der Waals surface area contributed by atoms with Crippen LogP contribution < -0.4 is 16.4 Å². The molecular weight excluding hydrogens is 434 g/mol. The summed E-state index contributed by atoms with van der Waals surface area (Å²) in [6, 6.07) is 11.7. The Morgan fingerprint density at radius 2 is 1.72 bits per heavy atom. The predicted octanol–water partition coefficient (Wildman–Crippen LogP) is 3.30. The molecule has 3 rings (SSSR count). The summed E-state index contributed by atoms with van der Waals surface area (Å²) in [4.78, 5) is 15.8. The van der Waals surface area contributed by atoms with Crippen LogP contribution in [0.3, 0.4) is 0 Å². The highest BCUT2D eigenvalue weighted by Crippen LogP contribution is 2.24. The Labute approximate surface area is 162 Å². The van der Waals surface area contributed by atoms with Gasteiger partial charge in [0.05, 0.1) is 0 Å². The molecule has 0 fully saturated rings. The molecule has 1 amide bonds. The number of amides is 1. The predicted molar refractivity (Wildman–Crippen MR) is 109 cm³/mol. The van der Waals surface area contributed by atoms with Gasteiger partial charge in [0.15, 0.2) is 5.96 Å². The molecule has 2 aromatic carbocycles. The number of rotatable bonds is 4. The second kappa shape index (κ2) is 8.80. The minimum Gasteiger partial charge on any atom is -0.370 e. The Morgan fingerprint density at radius 1 is 1.04 bits per heavy atom. The maximum absolute atomic E-state index is 12.8. The average molecular weight is 454 g/mol. The van der Waals surface area contributed by atoms with Crippen LogP contribution in [0, 0.1) is 5.82 Å². The van der Waals surface area contributed by atoms with E-state index in [1.54, 1.807) is 0 Å². The first-order valence-corrected chi connectivity index (χ1v) is 7.84. The van der Waals surface area contributed by atoms with Gasteiger partial charge >= 0.3 is 0 Å². The molecule has 0 radical (unpaired) electrons. The van der Waals surface area contributed by atoms with E-state index in [1.165, 1.54) is 41.8 Å². The van der Waals surface area contributed by atoms with Crippen LogP contribution >= 0.6 is 24.0 Å². The van der Waals surface area contributed by atoms with E-state index in [9.17, 15) is 9.18 Å². The molecule has 25 heavy (non-hydrogen) atoms. The van der Waals surface area contributed by atoms with E-state index in [0.29, 0.717) is 5.69 Å². The van der Waals surface area contributed by atoms with Crippen LogP contribution in [-0.4, -0.2) is 18.4 Å². The summed E-state index contributed by atoms with van der Waals surface area (Å²) in [5, 5.41) is 5.62. The Kier molecular flexibility index (Phi) is 6.74. The minimum absolute atomic E-state index is 0. The third-order valence-electron chi connectivity index (χ3n) is 3.89. The van der Waals surface area contributed by atoms with Crippen molar-refractivity contribution < 1.29 is 9.18 Å². The van der Waals surface area contributed by atoms with Crippen LogP contribution in [0.5, 0.6) is 0 Å². The van der Waals surface area contributed by atoms with Crippen molar-refractivity contribution in [2.45, 2.75) is 19.3 Å². The molecule has 0 spiro atoms. The first-order chi connectivity index (χ1) is 11.6. The van der Waals surface area contributed by atoms with Crippen molar-refractivity contribution >= 4 is 47.2 Å². The largest absolute Gasteiger partial charge is 0.370 e. The Balaban J connectivity index is 0.00000225. The molecule has 0 aromatic heterocycles. The third-order valence-corrected chi connectivity index (χ3v) is 3.89. The highest BCUT2D eigenvalue weighted by molar-refractivity contribution is 14.0. The fourth-order valence-corrected chi connectivity index (χ4v) is 2.73. The van der Waals surface area contributed by atoms with Gasteiger partial charge in [-0.2, -0.15) is 0 Å². The van der Waals surface area contributed by atoms with Gasteiger partial charge in [0, 0.05) is 11.4 Å². The van der Waals surface area contributed by atoms with Crippen molar-refractivity contribution in [3.63, 3.8) is 0 Å². The van der Waals surface area contributed by atoms with Crippen LogP contribution in [0.15, 0.2) is 47.5 Å². The second-order valence-corrected chi connectivity index (χ2v) is 5.72. The number of guanidine groups is 1. The van der Waals surface area contributed by atoms with Gasteiger partial charge in [0.25, 0.3) is 0 Å². The molecule has 2 aromatic rings. The van der Waals surface area contributed by atoms with E-state index in [-0.39, 0.29) is 48.2 Å². The first kappa shape index (κ1) is 19.2. The standard InChI is InChI=1S/C18H19FN4O.HI/c19-14-5-8-15(9-6-14)22-17(24)11-21-18(20)23-16-7-4-12-2-1-3-13(12)10-16;/h4-10H,1-3,11H2,(H,22,24)(H3,20,21,23);1H. The van der Waals surface area contributed by atoms with Gasteiger partial charge in [0.1, 0.15) is 12.4 Å². The first-order valence-electron chi connectivity index (χ1n) is 7.84. The monoisotopic (exact) mass is 454 g/mol. The molecule has 1 aliphatic rings. The van der Waals surface area contributed by atoms with Gasteiger partial charge < -0.3 is 16.4 Å². The average Bonchev–Trinajstić information content (AvgIpc) is 3.03. The van der Waals surface area contributed by atoms with Gasteiger partial charge in [-0.05, 0) is 66.8 Å². The number of halogens is 2. The van der Waals surface area contributed by atoms with E-state index in [4.69, 9.17) is 5.73 Å². The molecule has 0 aliphatic heterocycles. The molecule has 1 aliphatic carbocycles. The number of aryl methyl sites for hydroxylation is 2. The summed E-state index contributed by atoms with van der Waals surface area (Å²) in [5.74, 6) is -0.490. The lowest BCUT2D eigenvalue weighted by molar-refractivity contribution is -0.114. The van der Waals surface area contributed by atoms with E-state index < -0.39 is 0 Å². The molecule has 0 atom stereocenters. The number of carbonyl (C=O) groups is 1. The number of carbonyl (C=O) groups excluding carboxylic acids is 1. The number of aliphatic imine (C=N–C) groups is 1. The quantitative estimate of drug-likeness (QED) is 0.377. The van der Waals surface area contributed by atoms with Crippen molar-refractivity contribution in [1.29, 1.82) is 0 Å². The molecule has 0 saturated carbocycles. The highest BCUT2D eigenvalue weighted by atomic mass is 127. The number of fused-ring (bicyclic) bond motifs is 1. The molecule has 7 heteroatoms. The van der Waals surface area contributed by atoms with E-state index in [1.807, 2.05) is 6.07 Å². The van der Waals surface area contributed by atoms with E-state index in [2.05, 4.69) is 27.8 Å². The van der Waals surface area contributed by atoms with Crippen molar-refractivity contribution in [2.75, 3.05) is 17.2 Å². The number of nitrogens with zero attached hydrogens (tertiary/aromatic N) is 1. The SMILES string of the molecule is I.NC(=NCC(=O)Nc1ccc(F)cc1)Nc1ccc2c(c1)CCC2. The smallest absolute Gasteiger partial charge is 0.246 e. The fraction of sp³-hybridized carbons (Fsp3) is 0.222. The van der Waals surface area contributed by atoms with Gasteiger partial charge in [-0.3, -0.25) is 4.79 Å². The molecule has 4 N–H and O–H groups in total. The summed E-state index contributed by atoms with van der Waals surface area (Å²) in [5.41, 5.74) is 9.93. The summed E-state index contributed by atoms with van der Waals surface area (Å²) < 4.78 is 12.8. The van der Waals surface area contributed by atoms with Crippen LogP contribution in [0.1, 0.15) is 17.5 Å². The van der Waals surface area contributed by atoms with Crippen molar-refractivity contribution in [3.05, 3.63) is 59.4 Å². The number of nitrogens with one attached hydrogen (secondary N) is 2. The molecule has 0 unspecified atom stereocenters. The number of anilines is 2. The number of hydrogen-bond acceptors (Lipinski definition) is 2. The Hall–Kier alpha value is -2.16. The molecule has 132 valence electrons. The molecule has 5 nitrogen and oxygen atoms in total. The lowest BCUT2D eigenvalue weighted by Gasteiger charge is -2.08. The summed E-state index contributed by atoms with van der Waals surface area (Å²) in [7, 11) is 0. The lowest BCUT2D eigenvalue weighted by Crippen LogP contribution is -2.25. The third kappa shape index (κ3) is 5.42. The molecular formula is C18H20FIN4O. The van der Waals surface area contributed by atoms with Gasteiger partial charge in [-0.1, -0.05) is 6.07 Å². The zero-order valence-electron chi connectivity index (χ0n) is 13.6. The topological polar surface area (TPSA) is 79.5 Å². The van der Waals surface area contributed by atoms with Gasteiger partial charge in [0.2, 0.25) is 5.91 Å². The molecule has 0 saturated heterocycles. The van der Waals surface area contributed by atoms with E-state index >= 15 is 0 Å². The molecule has 0 bridgehead atoms. The molecule has 0 heterocycles. The summed E-state index contributed by atoms with van der Waals surface area (Å²) >= 11 is 0.